The van der Waals surface area contributed by atoms with Gasteiger partial charge in [0.05, 0.1) is 30.3 Å². The molecule has 0 fully saturated rings. The Morgan fingerprint density at radius 2 is 1.44 bits per heavy atom. The first-order chi connectivity index (χ1) is 23.6. The zero-order valence-electron chi connectivity index (χ0n) is 26.9. The number of carboxylic acid groups (broad SMARTS) is 2. The first-order valence-corrected chi connectivity index (χ1v) is 14.8. The summed E-state index contributed by atoms with van der Waals surface area (Å²) in [4.78, 5) is 65.3. The second kappa shape index (κ2) is 14.9. The molecule has 4 aromatic carbocycles. The molecule has 0 aliphatic heterocycles. The van der Waals surface area contributed by atoms with Gasteiger partial charge in [-0.25, -0.2) is 0 Å². The fourth-order valence-electron chi connectivity index (χ4n) is 5.03. The van der Waals surface area contributed by atoms with E-state index in [-0.39, 0.29) is 33.7 Å². The van der Waals surface area contributed by atoms with Crippen molar-refractivity contribution >= 4 is 35.4 Å². The van der Waals surface area contributed by atoms with Crippen molar-refractivity contribution in [1.29, 1.82) is 0 Å². The molecule has 0 aliphatic carbocycles. The number of carbonyl (C=O) groups is 5. The van der Waals surface area contributed by atoms with E-state index < -0.39 is 59.9 Å². The van der Waals surface area contributed by atoms with Gasteiger partial charge in [0.1, 0.15) is 12.4 Å². The van der Waals surface area contributed by atoms with Gasteiger partial charge in [-0.3, -0.25) is 24.0 Å². The van der Waals surface area contributed by atoms with Crippen LogP contribution in [0.25, 0.3) is 11.1 Å². The van der Waals surface area contributed by atoms with Gasteiger partial charge in [0.25, 0.3) is 11.8 Å². The van der Waals surface area contributed by atoms with Crippen LogP contribution in [0.4, 0.5) is 18.9 Å². The van der Waals surface area contributed by atoms with Gasteiger partial charge < -0.3 is 29.9 Å². The molecule has 50 heavy (non-hydrogen) atoms. The Balaban J connectivity index is 1.58. The Kier molecular flexibility index (Phi) is 10.9. The average molecular weight is 693 g/mol. The Hall–Kier alpha value is -6.18. The van der Waals surface area contributed by atoms with Crippen LogP contribution in [0.3, 0.4) is 0 Å². The molecule has 3 N–H and O–H groups in total. The number of hydrogen-bond acceptors (Lipinski definition) is 7. The van der Waals surface area contributed by atoms with Crippen LogP contribution in [0.5, 0.6) is 5.75 Å². The molecule has 4 rings (SSSR count). The molecule has 0 saturated carbocycles. The quantitative estimate of drug-likeness (QED) is 0.128. The highest BCUT2D eigenvalue weighted by atomic mass is 19.4. The molecule has 0 aromatic heterocycles. The number of benzene rings is 4. The molecule has 11 nitrogen and oxygen atoms in total. The monoisotopic (exact) mass is 692 g/mol. The van der Waals surface area contributed by atoms with Crippen LogP contribution in [-0.2, 0) is 37.1 Å². The van der Waals surface area contributed by atoms with Gasteiger partial charge in [-0.15, -0.1) is 0 Å². The van der Waals surface area contributed by atoms with E-state index in [1.807, 2.05) is 0 Å². The number of amides is 2. The average Bonchev–Trinajstić information content (AvgIpc) is 3.08. The molecule has 2 amide bonds. The molecule has 0 bridgehead atoms. The number of alkyl halides is 3. The molecule has 0 heterocycles. The summed E-state index contributed by atoms with van der Waals surface area (Å²) in [6, 6.07) is 20.0. The fraction of sp³-hybridized carbons (Fsp3) is 0.194. The van der Waals surface area contributed by atoms with Crippen LogP contribution in [0.15, 0.2) is 91.0 Å². The molecular formula is C36H31F3N2O9. The maximum Gasteiger partial charge on any atom is 0.416 e. The maximum absolute atomic E-state index is 13.5. The number of halogens is 3. The number of nitrogens with one attached hydrogen (secondary N) is 1. The molecule has 0 spiro atoms. The van der Waals surface area contributed by atoms with Gasteiger partial charge in [0.2, 0.25) is 5.41 Å². The van der Waals surface area contributed by atoms with Crippen LogP contribution in [0, 0.1) is 0 Å². The van der Waals surface area contributed by atoms with E-state index in [9.17, 15) is 47.4 Å². The third kappa shape index (κ3) is 7.92. The second-order valence-electron chi connectivity index (χ2n) is 11.2. The highest BCUT2D eigenvalue weighted by molar-refractivity contribution is 6.12. The third-order valence-corrected chi connectivity index (χ3v) is 7.75. The molecule has 0 aliphatic rings. The highest BCUT2D eigenvalue weighted by Gasteiger charge is 2.50. The van der Waals surface area contributed by atoms with Crippen LogP contribution in [-0.4, -0.2) is 72.6 Å². The van der Waals surface area contributed by atoms with Gasteiger partial charge >= 0.3 is 24.1 Å². The summed E-state index contributed by atoms with van der Waals surface area (Å²) in [6.45, 7) is -1.06. The van der Waals surface area contributed by atoms with Gasteiger partial charge in [-0.05, 0) is 64.7 Å². The Labute approximate surface area is 283 Å². The number of carboxylic acids is 2. The van der Waals surface area contributed by atoms with E-state index >= 15 is 0 Å². The lowest BCUT2D eigenvalue weighted by Gasteiger charge is -2.25. The van der Waals surface area contributed by atoms with E-state index in [4.69, 9.17) is 9.47 Å². The summed E-state index contributed by atoms with van der Waals surface area (Å²) in [5, 5.41) is 22.5. The predicted octanol–water partition coefficient (Wildman–Crippen LogP) is 5.53. The fourth-order valence-corrected chi connectivity index (χ4v) is 5.03. The summed E-state index contributed by atoms with van der Waals surface area (Å²) in [7, 11) is 4.24. The van der Waals surface area contributed by atoms with Crippen molar-refractivity contribution in [3.05, 3.63) is 119 Å². The van der Waals surface area contributed by atoms with Crippen molar-refractivity contribution < 1.29 is 56.8 Å². The predicted molar refractivity (Wildman–Crippen MR) is 174 cm³/mol. The second-order valence-corrected chi connectivity index (χ2v) is 11.2. The number of anilines is 1. The Morgan fingerprint density at radius 1 is 0.780 bits per heavy atom. The number of ether oxygens (including phenoxy) is 2. The van der Waals surface area contributed by atoms with Crippen molar-refractivity contribution in [2.24, 2.45) is 0 Å². The third-order valence-electron chi connectivity index (χ3n) is 7.75. The number of esters is 1. The van der Waals surface area contributed by atoms with Gasteiger partial charge in [-0.2, -0.15) is 13.2 Å². The molecule has 260 valence electrons. The molecule has 0 atom stereocenters. The summed E-state index contributed by atoms with van der Waals surface area (Å²) < 4.78 is 49.5. The van der Waals surface area contributed by atoms with Crippen molar-refractivity contribution in [2.45, 2.75) is 18.0 Å². The summed E-state index contributed by atoms with van der Waals surface area (Å²) >= 11 is 0. The van der Waals surface area contributed by atoms with Crippen LogP contribution in [0.2, 0.25) is 0 Å². The topological polar surface area (TPSA) is 160 Å². The Bertz CT molecular complexity index is 1930. The molecule has 0 unspecified atom stereocenters. The minimum absolute atomic E-state index is 0.0255. The van der Waals surface area contributed by atoms with E-state index in [1.54, 1.807) is 18.2 Å². The van der Waals surface area contributed by atoms with Crippen LogP contribution < -0.4 is 10.1 Å². The lowest BCUT2D eigenvalue weighted by molar-refractivity contribution is -0.164. The zero-order valence-corrected chi connectivity index (χ0v) is 26.9. The number of carbonyl (C=O) groups excluding carboxylic acids is 3. The highest BCUT2D eigenvalue weighted by Crippen LogP contribution is 2.33. The van der Waals surface area contributed by atoms with Gasteiger partial charge in [0, 0.05) is 19.7 Å². The van der Waals surface area contributed by atoms with Gasteiger partial charge in [-0.1, -0.05) is 48.5 Å². The van der Waals surface area contributed by atoms with Crippen molar-refractivity contribution in [1.82, 2.24) is 4.90 Å². The smallest absolute Gasteiger partial charge is 0.416 e. The van der Waals surface area contributed by atoms with E-state index in [1.165, 1.54) is 86.8 Å². The number of methoxy groups -OCH3 is 1. The van der Waals surface area contributed by atoms with Crippen molar-refractivity contribution in [2.75, 3.05) is 33.1 Å². The summed E-state index contributed by atoms with van der Waals surface area (Å²) in [6.07, 6.45) is -5.03. The molecule has 0 saturated heterocycles. The van der Waals surface area contributed by atoms with Gasteiger partial charge in [0.15, 0.2) is 0 Å². The van der Waals surface area contributed by atoms with E-state index in [2.05, 4.69) is 5.32 Å². The van der Waals surface area contributed by atoms with Crippen LogP contribution in [0.1, 0.15) is 37.4 Å². The minimum atomic E-state index is -4.54. The minimum Gasteiger partial charge on any atom is -0.497 e. The maximum atomic E-state index is 13.5. The standard InChI is InChI=1S/C36H31F3N2O9/c1-41(2)32(44)28-17-21(18-30(42)50-20-35(33(45)46,34(47)48)24-7-6-8-25(19-24)49-3)11-16-29(28)40-31(43)27-10-5-4-9-26(27)22-12-14-23(15-13-22)36(37,38)39/h4-17,19H,18,20H2,1-3H3,(H,40,43)(H,45,46)(H,47,48). The first-order valence-electron chi connectivity index (χ1n) is 14.8. The summed E-state index contributed by atoms with van der Waals surface area (Å²) in [5.74, 6) is -5.58. The summed E-state index contributed by atoms with van der Waals surface area (Å²) in [5.41, 5.74) is -2.64. The van der Waals surface area contributed by atoms with Crippen LogP contribution >= 0.6 is 0 Å². The largest absolute Gasteiger partial charge is 0.497 e. The number of nitrogens with zero attached hydrogens (tertiary/aromatic N) is 1. The zero-order chi connectivity index (χ0) is 36.8. The number of rotatable bonds is 12. The number of hydrogen-bond donors (Lipinski definition) is 3. The molecule has 0 radical (unpaired) electrons. The normalized spacial score (nSPS) is 11.3. The van der Waals surface area contributed by atoms with Crippen molar-refractivity contribution in [3.8, 4) is 16.9 Å². The Morgan fingerprint density at radius 3 is 2.04 bits per heavy atom. The molecule has 4 aromatic rings. The molecule has 14 heteroatoms. The lowest BCUT2D eigenvalue weighted by atomic mass is 9.81. The van der Waals surface area contributed by atoms with E-state index in [0.717, 1.165) is 12.1 Å². The molecular weight excluding hydrogens is 661 g/mol. The SMILES string of the molecule is COc1cccc(C(COC(=O)Cc2ccc(NC(=O)c3ccccc3-c3ccc(C(F)(F)F)cc3)c(C(=O)N(C)C)c2)(C(=O)O)C(=O)O)c1. The van der Waals surface area contributed by atoms with Crippen molar-refractivity contribution in [3.63, 3.8) is 0 Å². The lowest BCUT2D eigenvalue weighted by Crippen LogP contribution is -2.48. The van der Waals surface area contributed by atoms with E-state index in [0.29, 0.717) is 11.1 Å². The number of aliphatic carboxylic acids is 2. The first kappa shape index (κ1) is 36.7.